The number of rotatable bonds is 6. The maximum absolute atomic E-state index is 12.3. The molecule has 1 N–H and O–H groups in total. The first-order valence-corrected chi connectivity index (χ1v) is 9.55. The molecule has 1 aliphatic rings. The molecule has 134 valence electrons. The zero-order valence-corrected chi connectivity index (χ0v) is 15.4. The Balaban J connectivity index is 1.33. The summed E-state index contributed by atoms with van der Waals surface area (Å²) in [5.41, 5.74) is 1.20. The summed E-state index contributed by atoms with van der Waals surface area (Å²) in [4.78, 5) is 22.9. The second-order valence-corrected chi connectivity index (χ2v) is 7.00. The first-order valence-electron chi connectivity index (χ1n) is 8.67. The van der Waals surface area contributed by atoms with E-state index in [2.05, 4.69) is 39.3 Å². The fourth-order valence-corrected chi connectivity index (χ4v) is 3.60. The van der Waals surface area contributed by atoms with Gasteiger partial charge in [-0.1, -0.05) is 18.2 Å². The van der Waals surface area contributed by atoms with Crippen LogP contribution in [0.25, 0.3) is 0 Å². The molecule has 0 aliphatic carbocycles. The average molecular weight is 359 g/mol. The molecule has 6 nitrogen and oxygen atoms in total. The molecule has 0 spiro atoms. The summed E-state index contributed by atoms with van der Waals surface area (Å²) >= 11 is 1.65. The number of aromatic nitrogens is 1. The Hall–Kier alpha value is -2.28. The first kappa shape index (κ1) is 17.5. The Morgan fingerprint density at radius 3 is 2.68 bits per heavy atom. The molecule has 1 aromatic heterocycles. The third kappa shape index (κ3) is 4.85. The quantitative estimate of drug-likeness (QED) is 0.805. The molecule has 2 amide bonds. The minimum absolute atomic E-state index is 0.0427. The lowest BCUT2D eigenvalue weighted by Gasteiger charge is -2.34. The first-order chi connectivity index (χ1) is 12.2. The second kappa shape index (κ2) is 8.71. The van der Waals surface area contributed by atoms with Crippen molar-refractivity contribution in [3.05, 3.63) is 41.9 Å². The SMILES string of the molecule is CN(CCCNC(=O)N1CCN(c2nccs2)CC1)c1ccccc1. The third-order valence-corrected chi connectivity index (χ3v) is 5.23. The monoisotopic (exact) mass is 359 g/mol. The van der Waals surface area contributed by atoms with Crippen molar-refractivity contribution in [3.63, 3.8) is 0 Å². The van der Waals surface area contributed by atoms with Crippen LogP contribution in [-0.4, -0.2) is 62.2 Å². The average Bonchev–Trinajstić information content (AvgIpc) is 3.20. The Morgan fingerprint density at radius 1 is 1.24 bits per heavy atom. The number of nitrogens with one attached hydrogen (secondary N) is 1. The number of anilines is 2. The summed E-state index contributed by atoms with van der Waals surface area (Å²) in [5.74, 6) is 0. The number of hydrogen-bond acceptors (Lipinski definition) is 5. The van der Waals surface area contributed by atoms with Crippen LogP contribution in [0.3, 0.4) is 0 Å². The van der Waals surface area contributed by atoms with Crippen molar-refractivity contribution in [2.45, 2.75) is 6.42 Å². The highest BCUT2D eigenvalue weighted by molar-refractivity contribution is 7.13. The van der Waals surface area contributed by atoms with Gasteiger partial charge in [0, 0.05) is 63.6 Å². The number of benzene rings is 1. The number of nitrogens with zero attached hydrogens (tertiary/aromatic N) is 4. The minimum atomic E-state index is 0.0427. The molecule has 0 radical (unpaired) electrons. The Labute approximate surface area is 153 Å². The van der Waals surface area contributed by atoms with E-state index in [4.69, 9.17) is 0 Å². The van der Waals surface area contributed by atoms with Gasteiger partial charge in [-0.2, -0.15) is 0 Å². The minimum Gasteiger partial charge on any atom is -0.375 e. The number of amides is 2. The number of carbonyl (C=O) groups is 1. The van der Waals surface area contributed by atoms with Gasteiger partial charge in [-0.05, 0) is 18.6 Å². The lowest BCUT2D eigenvalue weighted by Crippen LogP contribution is -2.52. The van der Waals surface area contributed by atoms with Crippen LogP contribution in [0.4, 0.5) is 15.6 Å². The van der Waals surface area contributed by atoms with Gasteiger partial charge in [-0.25, -0.2) is 9.78 Å². The van der Waals surface area contributed by atoms with Gasteiger partial charge in [0.15, 0.2) is 5.13 Å². The van der Waals surface area contributed by atoms with E-state index in [1.807, 2.05) is 34.7 Å². The molecule has 7 heteroatoms. The van der Waals surface area contributed by atoms with E-state index in [0.29, 0.717) is 6.54 Å². The predicted octanol–water partition coefficient (Wildman–Crippen LogP) is 2.50. The van der Waals surface area contributed by atoms with Gasteiger partial charge in [-0.3, -0.25) is 0 Å². The summed E-state index contributed by atoms with van der Waals surface area (Å²) in [5, 5.41) is 6.07. The Morgan fingerprint density at radius 2 is 2.00 bits per heavy atom. The molecule has 0 atom stereocenters. The van der Waals surface area contributed by atoms with E-state index in [1.54, 1.807) is 11.3 Å². The van der Waals surface area contributed by atoms with Crippen LogP contribution >= 0.6 is 11.3 Å². The van der Waals surface area contributed by atoms with E-state index in [9.17, 15) is 4.79 Å². The molecule has 1 aromatic carbocycles. The molecular formula is C18H25N5OS. The van der Waals surface area contributed by atoms with Crippen LogP contribution in [0, 0.1) is 0 Å². The largest absolute Gasteiger partial charge is 0.375 e. The van der Waals surface area contributed by atoms with Crippen LogP contribution in [0.5, 0.6) is 0 Å². The molecule has 0 saturated carbocycles. The number of carbonyl (C=O) groups excluding carboxylic acids is 1. The van der Waals surface area contributed by atoms with Crippen LogP contribution in [0.15, 0.2) is 41.9 Å². The molecule has 2 heterocycles. The van der Waals surface area contributed by atoms with E-state index in [0.717, 1.165) is 44.3 Å². The number of hydrogen-bond donors (Lipinski definition) is 1. The van der Waals surface area contributed by atoms with Gasteiger partial charge in [-0.15, -0.1) is 11.3 Å². The predicted molar refractivity (Wildman–Crippen MR) is 104 cm³/mol. The maximum Gasteiger partial charge on any atom is 0.317 e. The van der Waals surface area contributed by atoms with Gasteiger partial charge in [0.1, 0.15) is 0 Å². The molecule has 3 rings (SSSR count). The maximum atomic E-state index is 12.3. The molecule has 1 aliphatic heterocycles. The van der Waals surface area contributed by atoms with Crippen LogP contribution < -0.4 is 15.1 Å². The highest BCUT2D eigenvalue weighted by Gasteiger charge is 2.21. The lowest BCUT2D eigenvalue weighted by molar-refractivity contribution is 0.194. The van der Waals surface area contributed by atoms with Crippen molar-refractivity contribution in [3.8, 4) is 0 Å². The molecule has 0 bridgehead atoms. The van der Waals surface area contributed by atoms with Crippen LogP contribution in [0.2, 0.25) is 0 Å². The van der Waals surface area contributed by atoms with E-state index < -0.39 is 0 Å². The van der Waals surface area contributed by atoms with Gasteiger partial charge in [0.2, 0.25) is 0 Å². The van der Waals surface area contributed by atoms with Crippen molar-refractivity contribution < 1.29 is 4.79 Å². The van der Waals surface area contributed by atoms with Crippen molar-refractivity contribution in [1.29, 1.82) is 0 Å². The van der Waals surface area contributed by atoms with Gasteiger partial charge in [0.25, 0.3) is 0 Å². The number of urea groups is 1. The zero-order valence-electron chi connectivity index (χ0n) is 14.6. The van der Waals surface area contributed by atoms with Gasteiger partial charge < -0.3 is 20.0 Å². The van der Waals surface area contributed by atoms with E-state index in [1.165, 1.54) is 5.69 Å². The van der Waals surface area contributed by atoms with Crippen molar-refractivity contribution in [1.82, 2.24) is 15.2 Å². The summed E-state index contributed by atoms with van der Waals surface area (Å²) in [6.07, 6.45) is 2.75. The molecule has 1 saturated heterocycles. The normalized spacial score (nSPS) is 14.4. The molecule has 2 aromatic rings. The van der Waals surface area contributed by atoms with E-state index in [-0.39, 0.29) is 6.03 Å². The number of thiazole rings is 1. The van der Waals surface area contributed by atoms with Crippen LogP contribution in [-0.2, 0) is 0 Å². The molecular weight excluding hydrogens is 334 g/mol. The fourth-order valence-electron chi connectivity index (χ4n) is 2.91. The fraction of sp³-hybridized carbons (Fsp3) is 0.444. The summed E-state index contributed by atoms with van der Waals surface area (Å²) in [6.45, 7) is 4.80. The second-order valence-electron chi connectivity index (χ2n) is 6.13. The number of para-hydroxylation sites is 1. The van der Waals surface area contributed by atoms with Crippen molar-refractivity contribution >= 4 is 28.2 Å². The van der Waals surface area contributed by atoms with Gasteiger partial charge in [0.05, 0.1) is 0 Å². The third-order valence-electron chi connectivity index (χ3n) is 4.40. The molecule has 0 unspecified atom stereocenters. The molecule has 1 fully saturated rings. The zero-order chi connectivity index (χ0) is 17.5. The van der Waals surface area contributed by atoms with E-state index >= 15 is 0 Å². The van der Waals surface area contributed by atoms with Crippen molar-refractivity contribution in [2.24, 2.45) is 0 Å². The summed E-state index contributed by atoms with van der Waals surface area (Å²) in [7, 11) is 2.08. The molecule has 25 heavy (non-hydrogen) atoms. The number of piperazine rings is 1. The highest BCUT2D eigenvalue weighted by Crippen LogP contribution is 2.18. The van der Waals surface area contributed by atoms with Crippen LogP contribution in [0.1, 0.15) is 6.42 Å². The summed E-state index contributed by atoms with van der Waals surface area (Å²) < 4.78 is 0. The Kier molecular flexibility index (Phi) is 6.11. The summed E-state index contributed by atoms with van der Waals surface area (Å²) in [6, 6.07) is 10.3. The van der Waals surface area contributed by atoms with Gasteiger partial charge >= 0.3 is 6.03 Å². The Bertz CT molecular complexity index is 641. The lowest BCUT2D eigenvalue weighted by atomic mass is 10.3. The van der Waals surface area contributed by atoms with Crippen molar-refractivity contribution in [2.75, 3.05) is 56.1 Å². The standard InChI is InChI=1S/C18H25N5OS/c1-21(16-6-3-2-4-7-16)10-5-8-19-17(24)22-11-13-23(14-12-22)18-20-9-15-25-18/h2-4,6-7,9,15H,5,8,10-14H2,1H3,(H,19,24). The smallest absolute Gasteiger partial charge is 0.317 e. The topological polar surface area (TPSA) is 51.7 Å². The highest BCUT2D eigenvalue weighted by atomic mass is 32.1.